The minimum Gasteiger partial charge on any atom is -0.352 e. The first-order valence-electron chi connectivity index (χ1n) is 6.13. The molecule has 1 aliphatic carbocycles. The summed E-state index contributed by atoms with van der Waals surface area (Å²) >= 11 is 3.59. The molecule has 4 heteroatoms. The molecule has 1 aliphatic rings. The van der Waals surface area contributed by atoms with Gasteiger partial charge in [0.2, 0.25) is 0 Å². The number of hydrogen-bond donors (Lipinski definition) is 0. The van der Waals surface area contributed by atoms with E-state index >= 15 is 0 Å². The Morgan fingerprint density at radius 1 is 1.47 bits per heavy atom. The first kappa shape index (κ1) is 11.1. The number of nitrogens with zero attached hydrogens (tertiary/aromatic N) is 3. The molecule has 2 aromatic rings. The molecular weight excluding hydrogens is 278 g/mol. The highest BCUT2D eigenvalue weighted by molar-refractivity contribution is 9.08. The lowest BCUT2D eigenvalue weighted by Crippen LogP contribution is -2.26. The third kappa shape index (κ3) is 1.84. The van der Waals surface area contributed by atoms with Gasteiger partial charge in [-0.05, 0) is 31.9 Å². The molecule has 2 heterocycles. The molecule has 90 valence electrons. The summed E-state index contributed by atoms with van der Waals surface area (Å²) < 4.78 is 2.18. The second kappa shape index (κ2) is 4.33. The lowest BCUT2D eigenvalue weighted by molar-refractivity contribution is 0.807. The molecule has 0 unspecified atom stereocenters. The summed E-state index contributed by atoms with van der Waals surface area (Å²) in [5.74, 6) is 1.15. The van der Waals surface area contributed by atoms with Gasteiger partial charge in [0.25, 0.3) is 0 Å². The molecule has 17 heavy (non-hydrogen) atoms. The monoisotopic (exact) mass is 293 g/mol. The number of imidazole rings is 1. The number of halogens is 1. The standard InChI is InChI=1S/C13H16BrN3/c1-2-16(10-6-7-10)13-11(9-14)17-8-4-3-5-12(17)15-13/h3-5,8,10H,2,6-7,9H2,1H3. The van der Waals surface area contributed by atoms with Crippen molar-refractivity contribution in [3.63, 3.8) is 0 Å². The number of alkyl halides is 1. The SMILES string of the molecule is CCN(c1nc2ccccn2c1CBr)C1CC1. The van der Waals surface area contributed by atoms with Crippen LogP contribution in [0.1, 0.15) is 25.5 Å². The van der Waals surface area contributed by atoms with E-state index in [1.807, 2.05) is 6.07 Å². The van der Waals surface area contributed by atoms with Crippen LogP contribution in [0.25, 0.3) is 5.65 Å². The third-order valence-electron chi connectivity index (χ3n) is 3.33. The van der Waals surface area contributed by atoms with Crippen molar-refractivity contribution in [2.75, 3.05) is 11.4 Å². The van der Waals surface area contributed by atoms with Crippen LogP contribution in [0.15, 0.2) is 24.4 Å². The molecule has 3 nitrogen and oxygen atoms in total. The Morgan fingerprint density at radius 3 is 2.94 bits per heavy atom. The molecule has 1 saturated carbocycles. The fraction of sp³-hybridized carbons (Fsp3) is 0.462. The predicted molar refractivity (Wildman–Crippen MR) is 73.9 cm³/mol. The summed E-state index contributed by atoms with van der Waals surface area (Å²) in [5.41, 5.74) is 2.30. The van der Waals surface area contributed by atoms with Gasteiger partial charge in [0.15, 0.2) is 5.82 Å². The molecule has 0 aliphatic heterocycles. The largest absolute Gasteiger partial charge is 0.352 e. The van der Waals surface area contributed by atoms with E-state index in [-0.39, 0.29) is 0 Å². The van der Waals surface area contributed by atoms with Crippen LogP contribution in [0.3, 0.4) is 0 Å². The number of aromatic nitrogens is 2. The van der Waals surface area contributed by atoms with Crippen molar-refractivity contribution in [3.05, 3.63) is 30.1 Å². The van der Waals surface area contributed by atoms with Gasteiger partial charge in [0, 0.05) is 24.1 Å². The second-order valence-corrected chi connectivity index (χ2v) is 5.02. The first-order chi connectivity index (χ1) is 8.35. The highest BCUT2D eigenvalue weighted by atomic mass is 79.9. The first-order valence-corrected chi connectivity index (χ1v) is 7.26. The summed E-state index contributed by atoms with van der Waals surface area (Å²) in [6.07, 6.45) is 4.70. The molecule has 0 atom stereocenters. The maximum Gasteiger partial charge on any atom is 0.152 e. The molecule has 3 rings (SSSR count). The van der Waals surface area contributed by atoms with Crippen molar-refractivity contribution in [2.24, 2.45) is 0 Å². The minimum absolute atomic E-state index is 0.711. The smallest absolute Gasteiger partial charge is 0.152 e. The van der Waals surface area contributed by atoms with E-state index < -0.39 is 0 Å². The molecule has 0 N–H and O–H groups in total. The highest BCUT2D eigenvalue weighted by Gasteiger charge is 2.31. The number of hydrogen-bond acceptors (Lipinski definition) is 2. The summed E-state index contributed by atoms with van der Waals surface area (Å²) in [6.45, 7) is 3.24. The highest BCUT2D eigenvalue weighted by Crippen LogP contribution is 2.33. The fourth-order valence-corrected chi connectivity index (χ4v) is 2.88. The number of rotatable bonds is 4. The Morgan fingerprint density at radius 2 is 2.29 bits per heavy atom. The molecular formula is C13H16BrN3. The molecule has 0 aromatic carbocycles. The van der Waals surface area contributed by atoms with Crippen LogP contribution in [0.4, 0.5) is 5.82 Å². The zero-order valence-corrected chi connectivity index (χ0v) is 11.5. The van der Waals surface area contributed by atoms with Gasteiger partial charge in [-0.3, -0.25) is 0 Å². The number of anilines is 1. The number of fused-ring (bicyclic) bond motifs is 1. The Labute approximate surface area is 110 Å². The zero-order chi connectivity index (χ0) is 11.8. The normalized spacial score (nSPS) is 15.4. The van der Waals surface area contributed by atoms with Crippen LogP contribution in [0, 0.1) is 0 Å². The van der Waals surface area contributed by atoms with E-state index in [2.05, 4.69) is 50.5 Å². The minimum atomic E-state index is 0.711. The van der Waals surface area contributed by atoms with Gasteiger partial charge in [-0.2, -0.15) is 0 Å². The summed E-state index contributed by atoms with van der Waals surface area (Å²) in [7, 11) is 0. The van der Waals surface area contributed by atoms with Gasteiger partial charge in [-0.1, -0.05) is 22.0 Å². The van der Waals surface area contributed by atoms with Crippen molar-refractivity contribution in [3.8, 4) is 0 Å². The Bertz CT molecular complexity index is 530. The fourth-order valence-electron chi connectivity index (χ4n) is 2.36. The van der Waals surface area contributed by atoms with Gasteiger partial charge in [0.05, 0.1) is 5.69 Å². The molecule has 0 saturated heterocycles. The van der Waals surface area contributed by atoms with Crippen LogP contribution in [0.5, 0.6) is 0 Å². The topological polar surface area (TPSA) is 20.5 Å². The third-order valence-corrected chi connectivity index (χ3v) is 3.87. The Hall–Kier alpha value is -1.03. The van der Waals surface area contributed by atoms with Crippen molar-refractivity contribution in [1.29, 1.82) is 0 Å². The van der Waals surface area contributed by atoms with E-state index in [0.29, 0.717) is 6.04 Å². The summed E-state index contributed by atoms with van der Waals surface area (Å²) in [4.78, 5) is 7.21. The maximum atomic E-state index is 4.77. The van der Waals surface area contributed by atoms with Crippen molar-refractivity contribution in [2.45, 2.75) is 31.1 Å². The maximum absolute atomic E-state index is 4.77. The summed E-state index contributed by atoms with van der Waals surface area (Å²) in [6, 6.07) is 6.87. The predicted octanol–water partition coefficient (Wildman–Crippen LogP) is 3.22. The van der Waals surface area contributed by atoms with Gasteiger partial charge >= 0.3 is 0 Å². The Kier molecular flexibility index (Phi) is 2.82. The van der Waals surface area contributed by atoms with E-state index in [9.17, 15) is 0 Å². The van der Waals surface area contributed by atoms with Gasteiger partial charge in [-0.25, -0.2) is 4.98 Å². The van der Waals surface area contributed by atoms with Crippen LogP contribution in [-0.2, 0) is 5.33 Å². The van der Waals surface area contributed by atoms with Crippen LogP contribution < -0.4 is 4.90 Å². The molecule has 0 bridgehead atoms. The van der Waals surface area contributed by atoms with Crippen LogP contribution in [-0.4, -0.2) is 22.0 Å². The van der Waals surface area contributed by atoms with Crippen LogP contribution >= 0.6 is 15.9 Å². The quantitative estimate of drug-likeness (QED) is 0.807. The number of pyridine rings is 1. The van der Waals surface area contributed by atoms with Crippen molar-refractivity contribution < 1.29 is 0 Å². The van der Waals surface area contributed by atoms with Gasteiger partial charge in [0.1, 0.15) is 5.65 Å². The van der Waals surface area contributed by atoms with Crippen molar-refractivity contribution in [1.82, 2.24) is 9.38 Å². The lowest BCUT2D eigenvalue weighted by Gasteiger charge is -2.21. The lowest BCUT2D eigenvalue weighted by atomic mass is 10.4. The van der Waals surface area contributed by atoms with E-state index in [0.717, 1.165) is 23.3 Å². The molecule has 1 fully saturated rings. The average molecular weight is 294 g/mol. The molecule has 2 aromatic heterocycles. The molecule has 0 spiro atoms. The zero-order valence-electron chi connectivity index (χ0n) is 9.93. The Balaban J connectivity index is 2.13. The second-order valence-electron chi connectivity index (χ2n) is 4.46. The van der Waals surface area contributed by atoms with Gasteiger partial charge in [-0.15, -0.1) is 0 Å². The average Bonchev–Trinajstić information content (AvgIpc) is 3.11. The molecule has 0 amide bonds. The molecule has 0 radical (unpaired) electrons. The van der Waals surface area contributed by atoms with E-state index in [1.165, 1.54) is 18.5 Å². The van der Waals surface area contributed by atoms with Crippen molar-refractivity contribution >= 4 is 27.4 Å². The van der Waals surface area contributed by atoms with E-state index in [4.69, 9.17) is 4.98 Å². The van der Waals surface area contributed by atoms with Gasteiger partial charge < -0.3 is 9.30 Å². The summed E-state index contributed by atoms with van der Waals surface area (Å²) in [5, 5.41) is 0.844. The van der Waals surface area contributed by atoms with Crippen LogP contribution in [0.2, 0.25) is 0 Å². The van der Waals surface area contributed by atoms with E-state index in [1.54, 1.807) is 0 Å².